The van der Waals surface area contributed by atoms with Gasteiger partial charge in [0.25, 0.3) is 0 Å². The van der Waals surface area contributed by atoms with Crippen LogP contribution in [-0.4, -0.2) is 11.3 Å². The maximum atomic E-state index is 6.29. The fraction of sp³-hybridized carbons (Fsp3) is 0.833. The molecular formula is C12H25NS. The number of thioether (sulfide) groups is 1. The molecule has 0 aliphatic carbocycles. The Morgan fingerprint density at radius 3 is 2.36 bits per heavy atom. The van der Waals surface area contributed by atoms with Crippen LogP contribution in [-0.2, 0) is 0 Å². The van der Waals surface area contributed by atoms with Crippen LogP contribution in [0.4, 0.5) is 0 Å². The van der Waals surface area contributed by atoms with E-state index in [0.717, 1.165) is 25.0 Å². The first kappa shape index (κ1) is 14.1. The molecule has 0 heterocycles. The van der Waals surface area contributed by atoms with Crippen molar-refractivity contribution in [3.63, 3.8) is 0 Å². The molecule has 2 heteroatoms. The van der Waals surface area contributed by atoms with Crippen molar-refractivity contribution in [3.05, 3.63) is 11.0 Å². The third-order valence-corrected chi connectivity index (χ3v) is 3.57. The summed E-state index contributed by atoms with van der Waals surface area (Å²) in [6.07, 6.45) is 4.57. The maximum Gasteiger partial charge on any atom is 0.0159 e. The molecule has 0 amide bonds. The number of nitrogens with two attached hydrogens (primary N) is 1. The third kappa shape index (κ3) is 6.50. The summed E-state index contributed by atoms with van der Waals surface area (Å²) in [5.41, 5.74) is 7.75. The average Bonchev–Trinajstić information content (AvgIpc) is 2.13. The molecule has 14 heavy (non-hydrogen) atoms. The van der Waals surface area contributed by atoms with Gasteiger partial charge in [0.2, 0.25) is 0 Å². The molecule has 0 bridgehead atoms. The van der Waals surface area contributed by atoms with Crippen LogP contribution in [0, 0.1) is 0 Å². The first-order valence-electron chi connectivity index (χ1n) is 5.58. The quantitative estimate of drug-likeness (QED) is 0.651. The van der Waals surface area contributed by atoms with E-state index in [9.17, 15) is 0 Å². The molecule has 1 atom stereocenters. The lowest BCUT2D eigenvalue weighted by molar-refractivity contribution is 0.366. The average molecular weight is 215 g/mol. The molecule has 0 radical (unpaired) electrons. The summed E-state index contributed by atoms with van der Waals surface area (Å²) in [5.74, 6) is 1.15. The lowest BCUT2D eigenvalue weighted by Gasteiger charge is -2.27. The lowest BCUT2D eigenvalue weighted by Crippen LogP contribution is -2.39. The van der Waals surface area contributed by atoms with E-state index in [4.69, 9.17) is 5.73 Å². The van der Waals surface area contributed by atoms with Gasteiger partial charge in [-0.3, -0.25) is 0 Å². The van der Waals surface area contributed by atoms with Gasteiger partial charge in [-0.15, -0.1) is 11.8 Å². The van der Waals surface area contributed by atoms with Gasteiger partial charge in [0.15, 0.2) is 0 Å². The molecule has 84 valence electrons. The zero-order chi connectivity index (χ0) is 11.0. The first-order valence-corrected chi connectivity index (χ1v) is 6.63. The summed E-state index contributed by atoms with van der Waals surface area (Å²) in [4.78, 5) is 0. The largest absolute Gasteiger partial charge is 0.325 e. The van der Waals surface area contributed by atoms with Crippen molar-refractivity contribution in [2.75, 3.05) is 5.75 Å². The monoisotopic (exact) mass is 215 g/mol. The maximum absolute atomic E-state index is 6.29. The van der Waals surface area contributed by atoms with Gasteiger partial charge in [0.05, 0.1) is 0 Å². The summed E-state index contributed by atoms with van der Waals surface area (Å²) in [6, 6.07) is 0. The van der Waals surface area contributed by atoms with Crippen LogP contribution in [0.25, 0.3) is 0 Å². The minimum Gasteiger partial charge on any atom is -0.325 e. The zero-order valence-corrected chi connectivity index (χ0v) is 10.9. The van der Waals surface area contributed by atoms with E-state index < -0.39 is 0 Å². The molecule has 0 aliphatic rings. The van der Waals surface area contributed by atoms with Gasteiger partial charge in [-0.2, -0.15) is 0 Å². The Morgan fingerprint density at radius 2 is 1.93 bits per heavy atom. The van der Waals surface area contributed by atoms with Gasteiger partial charge < -0.3 is 5.73 Å². The number of allylic oxidation sites excluding steroid dienone is 1. The van der Waals surface area contributed by atoms with Crippen molar-refractivity contribution in [2.45, 2.75) is 58.9 Å². The molecule has 0 rings (SSSR count). The smallest absolute Gasteiger partial charge is 0.0159 e. The minimum atomic E-state index is 0.0806. The van der Waals surface area contributed by atoms with Crippen LogP contribution in [0.15, 0.2) is 11.0 Å². The van der Waals surface area contributed by atoms with Crippen molar-refractivity contribution in [1.82, 2.24) is 0 Å². The molecule has 0 aromatic rings. The Bertz CT molecular complexity index is 173. The zero-order valence-electron chi connectivity index (χ0n) is 10.1. The SMILES string of the molecule is CCCC(N)(CC)CCSC=C(C)C. The second-order valence-corrected chi connectivity index (χ2v) is 5.26. The Labute approximate surface area is 93.5 Å². The summed E-state index contributed by atoms with van der Waals surface area (Å²) in [6.45, 7) is 8.67. The summed E-state index contributed by atoms with van der Waals surface area (Å²) < 4.78 is 0. The molecule has 0 fully saturated rings. The van der Waals surface area contributed by atoms with Gasteiger partial charge in [0, 0.05) is 5.54 Å². The Balaban J connectivity index is 3.78. The molecule has 1 unspecified atom stereocenters. The number of hydrogen-bond donors (Lipinski definition) is 1. The van der Waals surface area contributed by atoms with Crippen molar-refractivity contribution < 1.29 is 0 Å². The van der Waals surface area contributed by atoms with Crippen LogP contribution < -0.4 is 5.73 Å². The molecule has 0 saturated carbocycles. The van der Waals surface area contributed by atoms with Gasteiger partial charge >= 0.3 is 0 Å². The van der Waals surface area contributed by atoms with E-state index in [-0.39, 0.29) is 5.54 Å². The van der Waals surface area contributed by atoms with E-state index >= 15 is 0 Å². The predicted octanol–water partition coefficient (Wildman–Crippen LogP) is 3.94. The van der Waals surface area contributed by atoms with Crippen molar-refractivity contribution in [3.8, 4) is 0 Å². The van der Waals surface area contributed by atoms with Gasteiger partial charge in [-0.05, 0) is 44.3 Å². The highest BCUT2D eigenvalue weighted by Crippen LogP contribution is 2.21. The molecule has 0 aromatic heterocycles. The van der Waals surface area contributed by atoms with Gasteiger partial charge in [-0.25, -0.2) is 0 Å². The second-order valence-electron chi connectivity index (χ2n) is 4.28. The van der Waals surface area contributed by atoms with E-state index in [2.05, 4.69) is 33.1 Å². The highest BCUT2D eigenvalue weighted by molar-refractivity contribution is 8.02. The normalized spacial score (nSPS) is 14.9. The molecule has 0 spiro atoms. The first-order chi connectivity index (χ1) is 6.54. The van der Waals surface area contributed by atoms with Gasteiger partial charge in [-0.1, -0.05) is 25.8 Å². The van der Waals surface area contributed by atoms with E-state index in [1.54, 1.807) is 0 Å². The molecule has 2 N–H and O–H groups in total. The van der Waals surface area contributed by atoms with Crippen LogP contribution in [0.2, 0.25) is 0 Å². The lowest BCUT2D eigenvalue weighted by atomic mass is 9.89. The van der Waals surface area contributed by atoms with Crippen molar-refractivity contribution >= 4 is 11.8 Å². The third-order valence-electron chi connectivity index (χ3n) is 2.49. The van der Waals surface area contributed by atoms with Crippen LogP contribution in [0.5, 0.6) is 0 Å². The van der Waals surface area contributed by atoms with E-state index in [1.165, 1.54) is 12.0 Å². The molecule has 0 aromatic carbocycles. The molecule has 0 aliphatic heterocycles. The standard InChI is InChI=1S/C12H25NS/c1-5-7-12(13,6-2)8-9-14-10-11(3)4/h10H,5-9,13H2,1-4H3. The van der Waals surface area contributed by atoms with Crippen LogP contribution in [0.1, 0.15) is 53.4 Å². The van der Waals surface area contributed by atoms with Crippen LogP contribution in [0.3, 0.4) is 0 Å². The molecule has 1 nitrogen and oxygen atoms in total. The highest BCUT2D eigenvalue weighted by atomic mass is 32.2. The molecule has 0 saturated heterocycles. The Morgan fingerprint density at radius 1 is 1.29 bits per heavy atom. The minimum absolute atomic E-state index is 0.0806. The predicted molar refractivity (Wildman–Crippen MR) is 68.6 cm³/mol. The number of hydrogen-bond acceptors (Lipinski definition) is 2. The fourth-order valence-corrected chi connectivity index (χ4v) is 2.44. The van der Waals surface area contributed by atoms with Crippen molar-refractivity contribution in [1.29, 1.82) is 0 Å². The Kier molecular flexibility index (Phi) is 7.38. The Hall–Kier alpha value is 0.0500. The van der Waals surface area contributed by atoms with E-state index in [0.29, 0.717) is 0 Å². The van der Waals surface area contributed by atoms with Gasteiger partial charge in [0.1, 0.15) is 0 Å². The molecular weight excluding hydrogens is 190 g/mol. The fourth-order valence-electron chi connectivity index (χ4n) is 1.46. The summed E-state index contributed by atoms with van der Waals surface area (Å²) in [5, 5.41) is 2.22. The van der Waals surface area contributed by atoms with E-state index in [1.807, 2.05) is 11.8 Å². The van der Waals surface area contributed by atoms with Crippen molar-refractivity contribution in [2.24, 2.45) is 5.73 Å². The number of rotatable bonds is 7. The van der Waals surface area contributed by atoms with Crippen LogP contribution >= 0.6 is 11.8 Å². The summed E-state index contributed by atoms with van der Waals surface area (Å²) in [7, 11) is 0. The highest BCUT2D eigenvalue weighted by Gasteiger charge is 2.20. The second kappa shape index (κ2) is 7.36. The summed E-state index contributed by atoms with van der Waals surface area (Å²) >= 11 is 1.89. The topological polar surface area (TPSA) is 26.0 Å².